The Hall–Kier alpha value is -3.02. The van der Waals surface area contributed by atoms with Crippen molar-refractivity contribution >= 4 is 38.3 Å². The molecule has 0 spiro atoms. The van der Waals surface area contributed by atoms with Gasteiger partial charge in [0.1, 0.15) is 17.2 Å². The van der Waals surface area contributed by atoms with Gasteiger partial charge in [-0.25, -0.2) is 8.42 Å². The Morgan fingerprint density at radius 2 is 1.97 bits per heavy atom. The van der Waals surface area contributed by atoms with E-state index in [0.29, 0.717) is 12.1 Å². The van der Waals surface area contributed by atoms with E-state index in [1.54, 1.807) is 11.8 Å². The number of hydrogen-bond acceptors (Lipinski definition) is 7. The molecular weight excluding hydrogens is 435 g/mol. The lowest BCUT2D eigenvalue weighted by Gasteiger charge is -2.32. The number of fused-ring (bicyclic) bond motifs is 1. The zero-order valence-electron chi connectivity index (χ0n) is 17.3. The van der Waals surface area contributed by atoms with E-state index < -0.39 is 21.6 Å². The van der Waals surface area contributed by atoms with Gasteiger partial charge in [-0.2, -0.15) is 23.1 Å². The average molecular weight is 457 g/mol. The quantitative estimate of drug-likeness (QED) is 0.577. The van der Waals surface area contributed by atoms with Crippen molar-refractivity contribution in [3.05, 3.63) is 30.0 Å². The van der Waals surface area contributed by atoms with Crippen LogP contribution in [-0.2, 0) is 16.0 Å². The van der Waals surface area contributed by atoms with E-state index in [4.69, 9.17) is 10.5 Å². The zero-order chi connectivity index (χ0) is 23.1. The molecule has 0 bridgehead atoms. The molecule has 3 N–H and O–H groups in total. The Morgan fingerprint density at radius 1 is 1.29 bits per heavy atom. The number of halogens is 3. The normalized spacial score (nSPS) is 13.4. The van der Waals surface area contributed by atoms with Crippen molar-refractivity contribution in [3.8, 4) is 5.75 Å². The summed E-state index contributed by atoms with van der Waals surface area (Å²) in [5, 5.41) is -0.240. The number of rotatable bonds is 6. The van der Waals surface area contributed by atoms with Crippen LogP contribution in [0.4, 0.5) is 30.6 Å². The number of benzene rings is 1. The van der Waals surface area contributed by atoms with Crippen LogP contribution in [-0.4, -0.2) is 42.8 Å². The molecule has 0 radical (unpaired) electrons. The van der Waals surface area contributed by atoms with Crippen LogP contribution in [0, 0.1) is 0 Å². The summed E-state index contributed by atoms with van der Waals surface area (Å²) in [6, 6.07) is 3.83. The van der Waals surface area contributed by atoms with E-state index >= 15 is 0 Å². The Kier molecular flexibility index (Phi) is 5.78. The van der Waals surface area contributed by atoms with Crippen LogP contribution in [0.15, 0.2) is 29.3 Å². The minimum Gasteiger partial charge on any atom is -0.495 e. The van der Waals surface area contributed by atoms with Gasteiger partial charge in [-0.05, 0) is 25.5 Å². The molecule has 2 heterocycles. The highest BCUT2D eigenvalue weighted by molar-refractivity contribution is 7.90. The molecule has 8 nitrogen and oxygen atoms in total. The summed E-state index contributed by atoms with van der Waals surface area (Å²) in [5.41, 5.74) is 5.14. The predicted octanol–water partition coefficient (Wildman–Crippen LogP) is 3.91. The van der Waals surface area contributed by atoms with Gasteiger partial charge < -0.3 is 20.4 Å². The van der Waals surface area contributed by atoms with E-state index in [2.05, 4.69) is 15.0 Å². The maximum Gasteiger partial charge on any atom is 0.418 e. The number of nitrogens with two attached hydrogens (primary N) is 1. The molecule has 0 aliphatic heterocycles. The van der Waals surface area contributed by atoms with Gasteiger partial charge in [-0.1, -0.05) is 6.92 Å². The highest BCUT2D eigenvalue weighted by Crippen LogP contribution is 2.43. The fourth-order valence-corrected chi connectivity index (χ4v) is 3.90. The Labute approximate surface area is 177 Å². The van der Waals surface area contributed by atoms with E-state index in [9.17, 15) is 21.6 Å². The number of ether oxygens (including phenoxy) is 1. The van der Waals surface area contributed by atoms with E-state index in [0.717, 1.165) is 12.5 Å². The Bertz CT molecular complexity index is 1220. The van der Waals surface area contributed by atoms with Gasteiger partial charge in [0.2, 0.25) is 5.95 Å². The summed E-state index contributed by atoms with van der Waals surface area (Å²) >= 11 is 0. The minimum atomic E-state index is -4.65. The number of nitrogen functional groups attached to an aromatic ring is 1. The summed E-state index contributed by atoms with van der Waals surface area (Å²) in [5.74, 6) is -0.105. The summed E-state index contributed by atoms with van der Waals surface area (Å²) < 4.78 is 70.4. The first-order valence-corrected chi connectivity index (χ1v) is 11.2. The third-order valence-corrected chi connectivity index (χ3v) is 6.04. The Morgan fingerprint density at radius 3 is 2.52 bits per heavy atom. The SMILES string of the molecule is CC[C@H](C)N(c1ccc(S(C)(=O)=O)cc1OC)c1nc(N)nc2[nH]cc(C(F)(F)F)c12. The number of H-pyrrole nitrogens is 1. The first kappa shape index (κ1) is 22.7. The van der Waals surface area contributed by atoms with Crippen molar-refractivity contribution < 1.29 is 26.3 Å². The van der Waals surface area contributed by atoms with Crippen molar-refractivity contribution in [2.45, 2.75) is 37.4 Å². The molecule has 3 aromatic rings. The summed E-state index contributed by atoms with van der Waals surface area (Å²) in [7, 11) is -2.18. The van der Waals surface area contributed by atoms with Crippen LogP contribution in [0.5, 0.6) is 5.75 Å². The number of nitrogens with one attached hydrogen (secondary N) is 1. The zero-order valence-corrected chi connectivity index (χ0v) is 18.1. The standard InChI is InChI=1S/C19H22F3N5O3S/c1-5-10(2)27(13-7-6-11(31(4,28)29)8-14(13)30-3)17-15-12(19(20,21)22)9-24-16(15)25-18(23)26-17/h6-10H,5H2,1-4H3,(H3,23,24,25,26)/t10-/m0/s1. The van der Waals surface area contributed by atoms with Crippen molar-refractivity contribution in [2.75, 3.05) is 24.0 Å². The average Bonchev–Trinajstić information content (AvgIpc) is 3.11. The molecule has 0 aliphatic carbocycles. The van der Waals surface area contributed by atoms with Crippen LogP contribution in [0.3, 0.4) is 0 Å². The first-order chi connectivity index (χ1) is 14.4. The van der Waals surface area contributed by atoms with Gasteiger partial charge in [0.25, 0.3) is 0 Å². The second kappa shape index (κ2) is 7.91. The van der Waals surface area contributed by atoms with Crippen LogP contribution in [0.1, 0.15) is 25.8 Å². The summed E-state index contributed by atoms with van der Waals surface area (Å²) in [4.78, 5) is 12.1. The molecule has 0 unspecified atom stereocenters. The maximum absolute atomic E-state index is 13.7. The first-order valence-electron chi connectivity index (χ1n) is 9.27. The fourth-order valence-electron chi connectivity index (χ4n) is 3.26. The number of hydrogen-bond donors (Lipinski definition) is 2. The van der Waals surface area contributed by atoms with Crippen molar-refractivity contribution in [1.29, 1.82) is 0 Å². The monoisotopic (exact) mass is 457 g/mol. The number of methoxy groups -OCH3 is 1. The van der Waals surface area contributed by atoms with Crippen LogP contribution >= 0.6 is 0 Å². The molecule has 0 saturated heterocycles. The van der Waals surface area contributed by atoms with Crippen molar-refractivity contribution in [1.82, 2.24) is 15.0 Å². The third kappa shape index (κ3) is 4.24. The highest BCUT2D eigenvalue weighted by Gasteiger charge is 2.37. The number of alkyl halides is 3. The number of anilines is 3. The molecule has 1 aromatic carbocycles. The van der Waals surface area contributed by atoms with Gasteiger partial charge in [-0.15, -0.1) is 0 Å². The second-order valence-corrected chi connectivity index (χ2v) is 9.08. The number of sulfone groups is 1. The molecule has 0 aliphatic rings. The van der Waals surface area contributed by atoms with Crippen molar-refractivity contribution in [2.24, 2.45) is 0 Å². The third-order valence-electron chi connectivity index (χ3n) is 4.93. The predicted molar refractivity (Wildman–Crippen MR) is 111 cm³/mol. The van der Waals surface area contributed by atoms with Crippen molar-refractivity contribution in [3.63, 3.8) is 0 Å². The molecule has 0 fully saturated rings. The molecule has 1 atom stereocenters. The molecule has 3 rings (SSSR count). The van der Waals surface area contributed by atoms with E-state index in [1.165, 1.54) is 25.3 Å². The number of aromatic amines is 1. The minimum absolute atomic E-state index is 0.0159. The van der Waals surface area contributed by atoms with Crippen LogP contribution < -0.4 is 15.4 Å². The largest absolute Gasteiger partial charge is 0.495 e. The summed E-state index contributed by atoms with van der Waals surface area (Å²) in [6.45, 7) is 3.66. The molecular formula is C19H22F3N5O3S. The van der Waals surface area contributed by atoms with Gasteiger partial charge >= 0.3 is 6.18 Å². The lowest BCUT2D eigenvalue weighted by molar-refractivity contribution is -0.136. The molecule has 0 saturated carbocycles. The maximum atomic E-state index is 13.7. The summed E-state index contributed by atoms with van der Waals surface area (Å²) in [6.07, 6.45) is -2.25. The van der Waals surface area contributed by atoms with Crippen LogP contribution in [0.25, 0.3) is 11.0 Å². The lowest BCUT2D eigenvalue weighted by Crippen LogP contribution is -2.30. The molecule has 0 amide bonds. The van der Waals surface area contributed by atoms with Crippen LogP contribution in [0.2, 0.25) is 0 Å². The molecule has 2 aromatic heterocycles. The van der Waals surface area contributed by atoms with Gasteiger partial charge in [0.05, 0.1) is 28.6 Å². The van der Waals surface area contributed by atoms with Gasteiger partial charge in [0.15, 0.2) is 9.84 Å². The number of aromatic nitrogens is 3. The lowest BCUT2D eigenvalue weighted by atomic mass is 10.1. The van der Waals surface area contributed by atoms with E-state index in [-0.39, 0.29) is 39.5 Å². The Balaban J connectivity index is 2.36. The molecule has 12 heteroatoms. The van der Waals surface area contributed by atoms with Gasteiger partial charge in [0, 0.05) is 24.6 Å². The molecule has 31 heavy (non-hydrogen) atoms. The second-order valence-electron chi connectivity index (χ2n) is 7.06. The number of nitrogens with zero attached hydrogens (tertiary/aromatic N) is 3. The fraction of sp³-hybridized carbons (Fsp3) is 0.368. The van der Waals surface area contributed by atoms with Gasteiger partial charge in [-0.3, -0.25) is 0 Å². The highest BCUT2D eigenvalue weighted by atomic mass is 32.2. The smallest absolute Gasteiger partial charge is 0.418 e. The molecule has 168 valence electrons. The topological polar surface area (TPSA) is 114 Å². The van der Waals surface area contributed by atoms with E-state index in [1.807, 2.05) is 6.92 Å².